The monoisotopic (exact) mass is 193 g/mol. The van der Waals surface area contributed by atoms with E-state index in [0.29, 0.717) is 0 Å². The molecule has 1 aliphatic rings. The minimum Gasteiger partial charge on any atom is -0.399 e. The van der Waals surface area contributed by atoms with E-state index in [1.165, 1.54) is 12.8 Å². The minimum atomic E-state index is -0.306. The van der Waals surface area contributed by atoms with Gasteiger partial charge in [0, 0.05) is 5.69 Å². The number of rotatable bonds is 0. The van der Waals surface area contributed by atoms with Gasteiger partial charge in [0.05, 0.1) is 5.60 Å². The molecule has 1 fully saturated rings. The van der Waals surface area contributed by atoms with Gasteiger partial charge < -0.3 is 10.8 Å². The number of hydrogen-bond acceptors (Lipinski definition) is 2. The highest BCUT2D eigenvalue weighted by Gasteiger charge is 2.24. The van der Waals surface area contributed by atoms with Crippen molar-refractivity contribution in [2.45, 2.75) is 38.2 Å². The highest BCUT2D eigenvalue weighted by molar-refractivity contribution is 5.35. The quantitative estimate of drug-likeness (QED) is 0.622. The summed E-state index contributed by atoms with van der Waals surface area (Å²) in [4.78, 5) is 0. The molecule has 3 N–H and O–H groups in total. The Balaban J connectivity index is 0.000000140. The third-order valence-corrected chi connectivity index (χ3v) is 2.48. The summed E-state index contributed by atoms with van der Waals surface area (Å²) in [6.07, 6.45) is 4.44. The molecule has 1 aliphatic carbocycles. The normalized spacial score (nSPS) is 18.4. The minimum absolute atomic E-state index is 0.306. The fourth-order valence-corrected chi connectivity index (χ4v) is 1.59. The van der Waals surface area contributed by atoms with Crippen LogP contribution in [-0.4, -0.2) is 10.7 Å². The summed E-state index contributed by atoms with van der Waals surface area (Å²) in [5.74, 6) is 0. The first-order valence-corrected chi connectivity index (χ1v) is 5.13. The Morgan fingerprint density at radius 1 is 1.14 bits per heavy atom. The van der Waals surface area contributed by atoms with Crippen LogP contribution < -0.4 is 5.73 Å². The molecule has 78 valence electrons. The van der Waals surface area contributed by atoms with Crippen molar-refractivity contribution < 1.29 is 5.11 Å². The summed E-state index contributed by atoms with van der Waals surface area (Å²) < 4.78 is 0. The molecule has 14 heavy (non-hydrogen) atoms. The third kappa shape index (κ3) is 4.28. The number of nitrogen functional groups attached to an aromatic ring is 1. The van der Waals surface area contributed by atoms with E-state index in [2.05, 4.69) is 0 Å². The average Bonchev–Trinajstić information content (AvgIpc) is 2.52. The molecule has 1 saturated carbocycles. The summed E-state index contributed by atoms with van der Waals surface area (Å²) in [6, 6.07) is 9.49. The molecule has 0 aliphatic heterocycles. The third-order valence-electron chi connectivity index (χ3n) is 2.48. The van der Waals surface area contributed by atoms with Gasteiger partial charge in [-0.1, -0.05) is 31.0 Å². The fourth-order valence-electron chi connectivity index (χ4n) is 1.59. The maximum atomic E-state index is 9.19. The number of nitrogens with two attached hydrogens (primary N) is 1. The molecule has 0 spiro atoms. The summed E-state index contributed by atoms with van der Waals surface area (Å²) in [5, 5.41) is 9.19. The van der Waals surface area contributed by atoms with Gasteiger partial charge >= 0.3 is 0 Å². The zero-order valence-corrected chi connectivity index (χ0v) is 8.74. The van der Waals surface area contributed by atoms with Crippen molar-refractivity contribution in [1.82, 2.24) is 0 Å². The van der Waals surface area contributed by atoms with Gasteiger partial charge in [0.1, 0.15) is 0 Å². The largest absolute Gasteiger partial charge is 0.399 e. The van der Waals surface area contributed by atoms with Crippen molar-refractivity contribution in [2.24, 2.45) is 0 Å². The van der Waals surface area contributed by atoms with Crippen LogP contribution in [0, 0.1) is 0 Å². The molecular weight excluding hydrogens is 174 g/mol. The van der Waals surface area contributed by atoms with E-state index in [-0.39, 0.29) is 5.60 Å². The van der Waals surface area contributed by atoms with Crippen LogP contribution in [0.1, 0.15) is 32.6 Å². The lowest BCUT2D eigenvalue weighted by Gasteiger charge is -2.12. The fraction of sp³-hybridized carbons (Fsp3) is 0.500. The van der Waals surface area contributed by atoms with Gasteiger partial charge in [0.2, 0.25) is 0 Å². The number of hydrogen-bond donors (Lipinski definition) is 2. The molecule has 2 nitrogen and oxygen atoms in total. The van der Waals surface area contributed by atoms with E-state index >= 15 is 0 Å². The van der Waals surface area contributed by atoms with Crippen LogP contribution in [0.25, 0.3) is 0 Å². The van der Waals surface area contributed by atoms with E-state index in [1.54, 1.807) is 0 Å². The summed E-state index contributed by atoms with van der Waals surface area (Å²) in [6.45, 7) is 1.92. The van der Waals surface area contributed by atoms with Crippen LogP contribution in [0.4, 0.5) is 5.69 Å². The van der Waals surface area contributed by atoms with Crippen LogP contribution in [0.3, 0.4) is 0 Å². The van der Waals surface area contributed by atoms with E-state index < -0.39 is 0 Å². The number of para-hydroxylation sites is 1. The van der Waals surface area contributed by atoms with E-state index in [4.69, 9.17) is 5.73 Å². The van der Waals surface area contributed by atoms with Gasteiger partial charge in [-0.3, -0.25) is 0 Å². The molecule has 1 aromatic carbocycles. The number of anilines is 1. The summed E-state index contributed by atoms with van der Waals surface area (Å²) >= 11 is 0. The molecule has 0 amide bonds. The van der Waals surface area contributed by atoms with Crippen molar-refractivity contribution in [3.05, 3.63) is 30.3 Å². The lowest BCUT2D eigenvalue weighted by Crippen LogP contribution is -2.17. The molecule has 0 aromatic heterocycles. The average molecular weight is 193 g/mol. The summed E-state index contributed by atoms with van der Waals surface area (Å²) in [7, 11) is 0. The first-order chi connectivity index (χ1) is 6.60. The van der Waals surface area contributed by atoms with Crippen LogP contribution in [0.2, 0.25) is 0 Å². The van der Waals surface area contributed by atoms with Gasteiger partial charge in [0.15, 0.2) is 0 Å². The van der Waals surface area contributed by atoms with Crippen LogP contribution in [-0.2, 0) is 0 Å². The Bertz CT molecular complexity index is 248. The van der Waals surface area contributed by atoms with Gasteiger partial charge in [-0.25, -0.2) is 0 Å². The van der Waals surface area contributed by atoms with E-state index in [9.17, 15) is 5.11 Å². The molecular formula is C12H19NO. The zero-order chi connectivity index (χ0) is 10.4. The predicted octanol–water partition coefficient (Wildman–Crippen LogP) is 2.58. The van der Waals surface area contributed by atoms with E-state index in [1.807, 2.05) is 37.3 Å². The van der Waals surface area contributed by atoms with Crippen molar-refractivity contribution >= 4 is 5.69 Å². The lowest BCUT2D eigenvalue weighted by atomic mass is 10.1. The Labute approximate surface area is 85.8 Å². The molecule has 1 aromatic rings. The first-order valence-electron chi connectivity index (χ1n) is 5.13. The Kier molecular flexibility index (Phi) is 3.96. The molecule has 0 bridgehead atoms. The van der Waals surface area contributed by atoms with Crippen molar-refractivity contribution in [3.8, 4) is 0 Å². The number of benzene rings is 1. The second-order valence-electron chi connectivity index (χ2n) is 4.11. The van der Waals surface area contributed by atoms with E-state index in [0.717, 1.165) is 18.5 Å². The molecule has 0 saturated heterocycles. The lowest BCUT2D eigenvalue weighted by molar-refractivity contribution is 0.0681. The van der Waals surface area contributed by atoms with Crippen molar-refractivity contribution in [2.75, 3.05) is 5.73 Å². The van der Waals surface area contributed by atoms with Gasteiger partial charge in [-0.15, -0.1) is 0 Å². The van der Waals surface area contributed by atoms with Gasteiger partial charge in [-0.05, 0) is 31.9 Å². The highest BCUT2D eigenvalue weighted by atomic mass is 16.3. The Morgan fingerprint density at radius 2 is 1.64 bits per heavy atom. The van der Waals surface area contributed by atoms with Crippen LogP contribution in [0.15, 0.2) is 30.3 Å². The second-order valence-corrected chi connectivity index (χ2v) is 4.11. The number of aliphatic hydroxyl groups is 1. The van der Waals surface area contributed by atoms with Gasteiger partial charge in [-0.2, -0.15) is 0 Å². The van der Waals surface area contributed by atoms with Gasteiger partial charge in [0.25, 0.3) is 0 Å². The smallest absolute Gasteiger partial charge is 0.0619 e. The Hall–Kier alpha value is -1.02. The maximum absolute atomic E-state index is 9.19. The standard InChI is InChI=1S/C6H7N.C6H12O/c7-6-4-2-1-3-5-6;1-6(7)4-2-3-5-6/h1-5H,7H2;7H,2-5H2,1H3. The summed E-state index contributed by atoms with van der Waals surface area (Å²) in [5.41, 5.74) is 5.87. The first kappa shape index (κ1) is 11.1. The molecule has 2 rings (SSSR count). The van der Waals surface area contributed by atoms with Crippen LogP contribution in [0.5, 0.6) is 0 Å². The predicted molar refractivity (Wildman–Crippen MR) is 59.9 cm³/mol. The topological polar surface area (TPSA) is 46.2 Å². The Morgan fingerprint density at radius 3 is 1.86 bits per heavy atom. The molecule has 0 atom stereocenters. The zero-order valence-electron chi connectivity index (χ0n) is 8.74. The second kappa shape index (κ2) is 5.01. The molecule has 0 heterocycles. The van der Waals surface area contributed by atoms with Crippen molar-refractivity contribution in [3.63, 3.8) is 0 Å². The molecule has 0 unspecified atom stereocenters. The maximum Gasteiger partial charge on any atom is 0.0619 e. The molecule has 2 heteroatoms. The molecule has 0 radical (unpaired) electrons. The van der Waals surface area contributed by atoms with Crippen molar-refractivity contribution in [1.29, 1.82) is 0 Å². The highest BCUT2D eigenvalue weighted by Crippen LogP contribution is 2.27. The van der Waals surface area contributed by atoms with Crippen LogP contribution >= 0.6 is 0 Å². The SMILES string of the molecule is CC1(O)CCCC1.Nc1ccccc1.